The van der Waals surface area contributed by atoms with Crippen LogP contribution in [0.3, 0.4) is 0 Å². The molecule has 2 rings (SSSR count). The zero-order valence-corrected chi connectivity index (χ0v) is 10.7. The largest absolute Gasteiger partial charge is 0.493 e. The first-order valence-electron chi connectivity index (χ1n) is 5.57. The second kappa shape index (κ2) is 5.45. The molecule has 3 heteroatoms. The fraction of sp³-hybridized carbons (Fsp3) is 0.200. The molecule has 2 aromatic carbocycles. The first-order valence-corrected chi connectivity index (χ1v) is 5.57. The van der Waals surface area contributed by atoms with E-state index in [9.17, 15) is 0 Å². The maximum atomic E-state index is 5.32. The summed E-state index contributed by atoms with van der Waals surface area (Å²) in [6.07, 6.45) is 0. The highest BCUT2D eigenvalue weighted by atomic mass is 16.5. The van der Waals surface area contributed by atoms with E-state index in [2.05, 4.69) is 6.07 Å². The van der Waals surface area contributed by atoms with Crippen molar-refractivity contribution >= 4 is 0 Å². The standard InChI is InChI=1S/C15H15O3/c1-16-13-9-12(11-7-5-4-6-8-11)10-14(17-2)15(13)18-3/h4-7,9-10H,1-3H3. The molecule has 0 aliphatic heterocycles. The second-order valence-electron chi connectivity index (χ2n) is 3.69. The quantitative estimate of drug-likeness (QED) is 0.825. The molecule has 3 nitrogen and oxygen atoms in total. The first-order chi connectivity index (χ1) is 8.80. The Kier molecular flexibility index (Phi) is 3.72. The van der Waals surface area contributed by atoms with E-state index in [1.54, 1.807) is 21.3 Å². The third-order valence-electron chi connectivity index (χ3n) is 2.68. The van der Waals surface area contributed by atoms with Gasteiger partial charge >= 0.3 is 0 Å². The molecule has 0 amide bonds. The second-order valence-corrected chi connectivity index (χ2v) is 3.69. The number of benzene rings is 2. The van der Waals surface area contributed by atoms with E-state index >= 15 is 0 Å². The lowest BCUT2D eigenvalue weighted by molar-refractivity contribution is 0.324. The number of hydrogen-bond donors (Lipinski definition) is 0. The van der Waals surface area contributed by atoms with Crippen LogP contribution < -0.4 is 14.2 Å². The summed E-state index contributed by atoms with van der Waals surface area (Å²) in [7, 11) is 4.81. The van der Waals surface area contributed by atoms with Crippen molar-refractivity contribution in [3.63, 3.8) is 0 Å². The van der Waals surface area contributed by atoms with E-state index in [0.717, 1.165) is 11.1 Å². The third-order valence-corrected chi connectivity index (χ3v) is 2.68. The average molecular weight is 243 g/mol. The van der Waals surface area contributed by atoms with Crippen LogP contribution in [0, 0.1) is 6.07 Å². The Labute approximate surface area is 107 Å². The first kappa shape index (κ1) is 12.3. The Bertz CT molecular complexity index is 496. The predicted molar refractivity (Wildman–Crippen MR) is 70.4 cm³/mol. The molecule has 93 valence electrons. The van der Waals surface area contributed by atoms with E-state index in [1.165, 1.54) is 0 Å². The Hall–Kier alpha value is -2.16. The normalized spacial score (nSPS) is 9.94. The molecule has 0 atom stereocenters. The number of rotatable bonds is 4. The number of ether oxygens (including phenoxy) is 3. The van der Waals surface area contributed by atoms with Gasteiger partial charge in [0.25, 0.3) is 0 Å². The molecule has 0 bridgehead atoms. The summed E-state index contributed by atoms with van der Waals surface area (Å²) in [5, 5.41) is 0. The highest BCUT2D eigenvalue weighted by molar-refractivity contribution is 5.70. The summed E-state index contributed by atoms with van der Waals surface area (Å²) in [6.45, 7) is 0. The van der Waals surface area contributed by atoms with Gasteiger partial charge in [-0.3, -0.25) is 0 Å². The van der Waals surface area contributed by atoms with Crippen molar-refractivity contribution in [1.29, 1.82) is 0 Å². The van der Waals surface area contributed by atoms with Crippen molar-refractivity contribution in [2.45, 2.75) is 0 Å². The zero-order valence-electron chi connectivity index (χ0n) is 10.7. The van der Waals surface area contributed by atoms with Crippen molar-refractivity contribution in [3.05, 3.63) is 42.5 Å². The average Bonchev–Trinajstić information content (AvgIpc) is 2.46. The van der Waals surface area contributed by atoms with Gasteiger partial charge in [-0.15, -0.1) is 0 Å². The van der Waals surface area contributed by atoms with Crippen molar-refractivity contribution in [2.75, 3.05) is 21.3 Å². The molecule has 0 saturated carbocycles. The van der Waals surface area contributed by atoms with Crippen molar-refractivity contribution in [2.24, 2.45) is 0 Å². The smallest absolute Gasteiger partial charge is 0.203 e. The summed E-state index contributed by atoms with van der Waals surface area (Å²) in [4.78, 5) is 0. The van der Waals surface area contributed by atoms with Gasteiger partial charge in [0.2, 0.25) is 5.75 Å². The van der Waals surface area contributed by atoms with Crippen LogP contribution in [0.5, 0.6) is 17.2 Å². The van der Waals surface area contributed by atoms with Gasteiger partial charge in [0.15, 0.2) is 11.5 Å². The van der Waals surface area contributed by atoms with Gasteiger partial charge < -0.3 is 14.2 Å². The fourth-order valence-corrected chi connectivity index (χ4v) is 1.81. The van der Waals surface area contributed by atoms with E-state index in [-0.39, 0.29) is 0 Å². The minimum atomic E-state index is 0.597. The summed E-state index contributed by atoms with van der Waals surface area (Å²) < 4.78 is 15.9. The number of methoxy groups -OCH3 is 3. The highest BCUT2D eigenvalue weighted by Crippen LogP contribution is 2.40. The minimum absolute atomic E-state index is 0.597. The van der Waals surface area contributed by atoms with Crippen LogP contribution in [-0.4, -0.2) is 21.3 Å². The van der Waals surface area contributed by atoms with Crippen LogP contribution in [0.1, 0.15) is 0 Å². The minimum Gasteiger partial charge on any atom is -0.493 e. The molecule has 0 spiro atoms. The van der Waals surface area contributed by atoms with E-state index in [1.807, 2.05) is 36.4 Å². The van der Waals surface area contributed by atoms with Gasteiger partial charge in [-0.25, -0.2) is 0 Å². The SMILES string of the molecule is COc1cc(-c2[c]cccc2)cc(OC)c1OC. The molecular weight excluding hydrogens is 228 g/mol. The third kappa shape index (κ3) is 2.25. The van der Waals surface area contributed by atoms with Gasteiger partial charge in [-0.2, -0.15) is 0 Å². The molecule has 0 N–H and O–H groups in total. The molecule has 2 aromatic rings. The van der Waals surface area contributed by atoms with Crippen LogP contribution >= 0.6 is 0 Å². The predicted octanol–water partition coefficient (Wildman–Crippen LogP) is 3.18. The van der Waals surface area contributed by atoms with Gasteiger partial charge in [-0.05, 0) is 29.3 Å². The maximum Gasteiger partial charge on any atom is 0.203 e. The summed E-state index contributed by atoms with van der Waals surface area (Å²) in [5.41, 5.74) is 1.96. The lowest BCUT2D eigenvalue weighted by Crippen LogP contribution is -1.95. The zero-order chi connectivity index (χ0) is 13.0. The van der Waals surface area contributed by atoms with Crippen molar-refractivity contribution < 1.29 is 14.2 Å². The molecule has 0 aromatic heterocycles. The number of hydrogen-bond acceptors (Lipinski definition) is 3. The summed E-state index contributed by atoms with van der Waals surface area (Å²) in [5.74, 6) is 1.88. The van der Waals surface area contributed by atoms with Crippen molar-refractivity contribution in [1.82, 2.24) is 0 Å². The van der Waals surface area contributed by atoms with Crippen LogP contribution in [0.4, 0.5) is 0 Å². The maximum absolute atomic E-state index is 5.32. The Morgan fingerprint density at radius 3 is 2.00 bits per heavy atom. The van der Waals surface area contributed by atoms with Crippen LogP contribution in [-0.2, 0) is 0 Å². The van der Waals surface area contributed by atoms with Crippen molar-refractivity contribution in [3.8, 4) is 28.4 Å². The molecule has 18 heavy (non-hydrogen) atoms. The van der Waals surface area contributed by atoms with Crippen LogP contribution in [0.2, 0.25) is 0 Å². The molecule has 1 radical (unpaired) electrons. The highest BCUT2D eigenvalue weighted by Gasteiger charge is 2.13. The van der Waals surface area contributed by atoms with E-state index in [0.29, 0.717) is 17.2 Å². The molecular formula is C15H15O3. The Morgan fingerprint density at radius 1 is 0.889 bits per heavy atom. The van der Waals surface area contributed by atoms with Gasteiger partial charge in [0, 0.05) is 0 Å². The monoisotopic (exact) mass is 243 g/mol. The fourth-order valence-electron chi connectivity index (χ4n) is 1.81. The molecule has 0 fully saturated rings. The lowest BCUT2D eigenvalue weighted by atomic mass is 10.0. The summed E-state index contributed by atoms with van der Waals surface area (Å²) in [6, 6.07) is 14.8. The molecule has 0 aliphatic carbocycles. The molecule has 0 saturated heterocycles. The molecule has 0 heterocycles. The van der Waals surface area contributed by atoms with Gasteiger partial charge in [0.1, 0.15) is 0 Å². The lowest BCUT2D eigenvalue weighted by Gasteiger charge is -2.14. The van der Waals surface area contributed by atoms with Gasteiger partial charge in [-0.1, -0.05) is 24.3 Å². The summed E-state index contributed by atoms with van der Waals surface area (Å²) >= 11 is 0. The van der Waals surface area contributed by atoms with E-state index < -0.39 is 0 Å². The Balaban J connectivity index is 2.57. The van der Waals surface area contributed by atoms with E-state index in [4.69, 9.17) is 14.2 Å². The van der Waals surface area contributed by atoms with Gasteiger partial charge in [0.05, 0.1) is 21.3 Å². The Morgan fingerprint density at radius 2 is 1.56 bits per heavy atom. The topological polar surface area (TPSA) is 27.7 Å². The molecule has 0 aliphatic rings. The molecule has 0 unspecified atom stereocenters. The van der Waals surface area contributed by atoms with Crippen LogP contribution in [0.15, 0.2) is 36.4 Å². The van der Waals surface area contributed by atoms with Crippen LogP contribution in [0.25, 0.3) is 11.1 Å².